The van der Waals surface area contributed by atoms with Crippen LogP contribution in [-0.4, -0.2) is 25.0 Å². The Kier molecular flexibility index (Phi) is 8.75. The zero-order chi connectivity index (χ0) is 13.2. The van der Waals surface area contributed by atoms with Gasteiger partial charge in [-0.05, 0) is 18.9 Å². The van der Waals surface area contributed by atoms with Crippen LogP contribution in [0.4, 0.5) is 0 Å². The lowest BCUT2D eigenvalue weighted by Crippen LogP contribution is -2.47. The summed E-state index contributed by atoms with van der Waals surface area (Å²) in [6.07, 6.45) is 14.5. The molecule has 108 valence electrons. The second-order valence-electron chi connectivity index (χ2n) is 6.44. The second-order valence-corrected chi connectivity index (χ2v) is 6.44. The summed E-state index contributed by atoms with van der Waals surface area (Å²) in [7, 11) is 2.27. The summed E-state index contributed by atoms with van der Waals surface area (Å²) in [5.41, 5.74) is 0. The third-order valence-electron chi connectivity index (χ3n) is 4.62. The first-order valence-corrected chi connectivity index (χ1v) is 8.46. The number of nitrogens with zero attached hydrogens (tertiary/aromatic N) is 1. The number of rotatable bonds is 11. The first-order chi connectivity index (χ1) is 8.77. The van der Waals surface area contributed by atoms with Crippen molar-refractivity contribution in [2.24, 2.45) is 11.8 Å². The van der Waals surface area contributed by atoms with E-state index in [0.717, 1.165) is 11.8 Å². The fourth-order valence-electron chi connectivity index (χ4n) is 3.33. The number of hydrogen-bond acceptors (Lipinski definition) is 1. The van der Waals surface area contributed by atoms with Gasteiger partial charge in [-0.2, -0.15) is 0 Å². The van der Waals surface area contributed by atoms with Crippen LogP contribution >= 0.6 is 0 Å². The third-order valence-corrected chi connectivity index (χ3v) is 4.62. The van der Waals surface area contributed by atoms with Gasteiger partial charge in [-0.15, -0.1) is 0 Å². The Hall–Kier alpha value is -0.0400. The molecule has 0 atom stereocenters. The molecule has 0 aliphatic carbocycles. The summed E-state index contributed by atoms with van der Waals surface area (Å²) in [4.78, 5) is 2.48. The molecule has 1 rings (SSSR count). The summed E-state index contributed by atoms with van der Waals surface area (Å²) in [5.74, 6) is 2.06. The van der Waals surface area contributed by atoms with Gasteiger partial charge in [0.05, 0.1) is 0 Å². The maximum Gasteiger partial charge on any atom is 0.00216 e. The molecule has 18 heavy (non-hydrogen) atoms. The molecule has 0 unspecified atom stereocenters. The zero-order valence-electron chi connectivity index (χ0n) is 13.1. The molecule has 0 radical (unpaired) electrons. The second kappa shape index (κ2) is 9.83. The number of likely N-dealkylation sites (tertiary alicyclic amines) is 1. The molecular weight excluding hydrogens is 218 g/mol. The maximum atomic E-state index is 2.48. The Balaban J connectivity index is 2.15. The molecule has 1 aliphatic rings. The van der Waals surface area contributed by atoms with Gasteiger partial charge in [0.15, 0.2) is 0 Å². The van der Waals surface area contributed by atoms with Gasteiger partial charge in [-0.25, -0.2) is 0 Å². The van der Waals surface area contributed by atoms with Crippen LogP contribution in [0, 0.1) is 11.8 Å². The van der Waals surface area contributed by atoms with Crippen molar-refractivity contribution in [3.05, 3.63) is 0 Å². The van der Waals surface area contributed by atoms with Gasteiger partial charge in [0.1, 0.15) is 0 Å². The van der Waals surface area contributed by atoms with Gasteiger partial charge in [0.2, 0.25) is 0 Å². The molecule has 0 aromatic heterocycles. The Labute approximate surface area is 115 Å². The van der Waals surface area contributed by atoms with Gasteiger partial charge in [0, 0.05) is 13.1 Å². The molecule has 0 saturated carbocycles. The molecule has 0 aromatic rings. The highest BCUT2D eigenvalue weighted by Crippen LogP contribution is 2.31. The minimum atomic E-state index is 1.03. The predicted octanol–water partition coefficient (Wildman–Crippen LogP) is 5.11. The van der Waals surface area contributed by atoms with Gasteiger partial charge >= 0.3 is 0 Å². The van der Waals surface area contributed by atoms with Crippen LogP contribution in [0.5, 0.6) is 0 Å². The monoisotopic (exact) mass is 253 g/mol. The molecule has 0 N–H and O–H groups in total. The first kappa shape index (κ1) is 16.0. The molecule has 0 amide bonds. The van der Waals surface area contributed by atoms with Crippen molar-refractivity contribution in [1.82, 2.24) is 4.90 Å². The van der Waals surface area contributed by atoms with E-state index in [-0.39, 0.29) is 0 Å². The van der Waals surface area contributed by atoms with Crippen LogP contribution < -0.4 is 0 Å². The topological polar surface area (TPSA) is 3.24 Å². The van der Waals surface area contributed by atoms with Crippen LogP contribution in [0.15, 0.2) is 0 Å². The van der Waals surface area contributed by atoms with Gasteiger partial charge in [-0.1, -0.05) is 78.1 Å². The summed E-state index contributed by atoms with van der Waals surface area (Å²) in [5, 5.41) is 0. The molecule has 1 fully saturated rings. The fraction of sp³-hybridized carbons (Fsp3) is 1.00. The average molecular weight is 253 g/mol. The first-order valence-electron chi connectivity index (χ1n) is 8.46. The molecule has 1 aliphatic heterocycles. The van der Waals surface area contributed by atoms with E-state index in [1.807, 2.05) is 0 Å². The normalized spacial score (nSPS) is 17.3. The summed E-state index contributed by atoms with van der Waals surface area (Å²) < 4.78 is 0. The SMILES string of the molecule is CCCCCCC(CCCCCC)C1CN(C)C1. The lowest BCUT2D eigenvalue weighted by atomic mass is 9.79. The molecular formula is C17H35N. The predicted molar refractivity (Wildman–Crippen MR) is 82.0 cm³/mol. The van der Waals surface area contributed by atoms with Crippen LogP contribution in [0.25, 0.3) is 0 Å². The van der Waals surface area contributed by atoms with Crippen molar-refractivity contribution in [2.45, 2.75) is 78.1 Å². The molecule has 1 heterocycles. The lowest BCUT2D eigenvalue weighted by Gasteiger charge is -2.41. The third kappa shape index (κ3) is 6.22. The highest BCUT2D eigenvalue weighted by Gasteiger charge is 2.30. The molecule has 1 nitrogen and oxygen atoms in total. The van der Waals surface area contributed by atoms with Crippen LogP contribution in [0.1, 0.15) is 78.1 Å². The summed E-state index contributed by atoms with van der Waals surface area (Å²) in [6.45, 7) is 7.35. The van der Waals surface area contributed by atoms with E-state index in [9.17, 15) is 0 Å². The van der Waals surface area contributed by atoms with Crippen LogP contribution in [-0.2, 0) is 0 Å². The minimum Gasteiger partial charge on any atom is -0.306 e. The van der Waals surface area contributed by atoms with Gasteiger partial charge in [0.25, 0.3) is 0 Å². The van der Waals surface area contributed by atoms with Crippen molar-refractivity contribution in [1.29, 1.82) is 0 Å². The van der Waals surface area contributed by atoms with E-state index in [1.165, 1.54) is 77.3 Å². The van der Waals surface area contributed by atoms with E-state index < -0.39 is 0 Å². The van der Waals surface area contributed by atoms with Crippen LogP contribution in [0.2, 0.25) is 0 Å². The van der Waals surface area contributed by atoms with Crippen molar-refractivity contribution in [3.8, 4) is 0 Å². The Bertz CT molecular complexity index is 172. The Morgan fingerprint density at radius 3 is 1.72 bits per heavy atom. The van der Waals surface area contributed by atoms with Crippen molar-refractivity contribution < 1.29 is 0 Å². The smallest absolute Gasteiger partial charge is 0.00216 e. The average Bonchev–Trinajstić information content (AvgIpc) is 2.34. The van der Waals surface area contributed by atoms with E-state index in [4.69, 9.17) is 0 Å². The number of hydrogen-bond donors (Lipinski definition) is 0. The van der Waals surface area contributed by atoms with E-state index >= 15 is 0 Å². The molecule has 1 saturated heterocycles. The van der Waals surface area contributed by atoms with Crippen molar-refractivity contribution in [2.75, 3.05) is 20.1 Å². The summed E-state index contributed by atoms with van der Waals surface area (Å²) in [6, 6.07) is 0. The highest BCUT2D eigenvalue weighted by molar-refractivity contribution is 4.83. The lowest BCUT2D eigenvalue weighted by molar-refractivity contribution is 0.0721. The zero-order valence-corrected chi connectivity index (χ0v) is 13.1. The standard InChI is InChI=1S/C17H35N/c1-4-6-8-10-12-16(13-11-9-7-5-2)17-14-18(3)15-17/h16-17H,4-15H2,1-3H3. The van der Waals surface area contributed by atoms with Gasteiger partial charge < -0.3 is 4.90 Å². The molecule has 0 bridgehead atoms. The van der Waals surface area contributed by atoms with Crippen molar-refractivity contribution in [3.63, 3.8) is 0 Å². The highest BCUT2D eigenvalue weighted by atomic mass is 15.2. The van der Waals surface area contributed by atoms with E-state index in [2.05, 4.69) is 25.8 Å². The number of unbranched alkanes of at least 4 members (excludes halogenated alkanes) is 6. The largest absolute Gasteiger partial charge is 0.306 e. The molecule has 0 spiro atoms. The summed E-state index contributed by atoms with van der Waals surface area (Å²) >= 11 is 0. The Morgan fingerprint density at radius 1 is 0.833 bits per heavy atom. The quantitative estimate of drug-likeness (QED) is 0.463. The van der Waals surface area contributed by atoms with Crippen molar-refractivity contribution >= 4 is 0 Å². The van der Waals surface area contributed by atoms with E-state index in [0.29, 0.717) is 0 Å². The fourth-order valence-corrected chi connectivity index (χ4v) is 3.33. The molecule has 1 heteroatoms. The van der Waals surface area contributed by atoms with Gasteiger partial charge in [-0.3, -0.25) is 0 Å². The Morgan fingerprint density at radius 2 is 1.33 bits per heavy atom. The van der Waals surface area contributed by atoms with Crippen LogP contribution in [0.3, 0.4) is 0 Å². The maximum absolute atomic E-state index is 2.48. The van der Waals surface area contributed by atoms with E-state index in [1.54, 1.807) is 0 Å². The molecule has 0 aromatic carbocycles. The minimum absolute atomic E-state index is 1.03.